The van der Waals surface area contributed by atoms with Crippen molar-refractivity contribution in [2.45, 2.75) is 6.54 Å². The number of carboxylic acids is 1. The van der Waals surface area contributed by atoms with Crippen molar-refractivity contribution in [1.82, 2.24) is 14.3 Å². The van der Waals surface area contributed by atoms with Gasteiger partial charge in [-0.05, 0) is 12.1 Å². The fraction of sp³-hybridized carbons (Fsp3) is 0.308. The monoisotopic (exact) mass is 293 g/mol. The maximum absolute atomic E-state index is 12.0. The molecule has 2 aromatic rings. The minimum Gasteiger partial charge on any atom is -0.481 e. The third-order valence-corrected chi connectivity index (χ3v) is 3.59. The molecule has 2 aromatic heterocycles. The molecule has 0 spiro atoms. The Balaban J connectivity index is 1.82. The van der Waals surface area contributed by atoms with Crippen molar-refractivity contribution in [3.05, 3.63) is 45.5 Å². The summed E-state index contributed by atoms with van der Waals surface area (Å²) in [6.45, 7) is 1.48. The van der Waals surface area contributed by atoms with Gasteiger partial charge in [0.1, 0.15) is 5.65 Å². The number of aromatic nitrogens is 2. The van der Waals surface area contributed by atoms with Crippen LogP contribution in [0.25, 0.3) is 5.65 Å². The Hall–Kier alpha value is -1.92. The van der Waals surface area contributed by atoms with Crippen molar-refractivity contribution in [3.63, 3.8) is 0 Å². The fourth-order valence-electron chi connectivity index (χ4n) is 2.29. The molecule has 1 saturated heterocycles. The Morgan fingerprint density at radius 2 is 2.20 bits per heavy atom. The summed E-state index contributed by atoms with van der Waals surface area (Å²) in [5.41, 5.74) is 0.983. The van der Waals surface area contributed by atoms with Gasteiger partial charge in [-0.3, -0.25) is 18.9 Å². The molecule has 1 fully saturated rings. The van der Waals surface area contributed by atoms with Gasteiger partial charge in [0.05, 0.1) is 16.6 Å². The van der Waals surface area contributed by atoms with Crippen LogP contribution in [0, 0.1) is 5.92 Å². The first-order chi connectivity index (χ1) is 9.52. The zero-order valence-electron chi connectivity index (χ0n) is 10.5. The molecular formula is C13H12ClN3O3. The van der Waals surface area contributed by atoms with E-state index in [-0.39, 0.29) is 11.5 Å². The highest BCUT2D eigenvalue weighted by Crippen LogP contribution is 2.18. The Morgan fingerprint density at radius 3 is 2.90 bits per heavy atom. The second-order valence-electron chi connectivity index (χ2n) is 4.89. The third-order valence-electron chi connectivity index (χ3n) is 3.37. The standard InChI is InChI=1S/C13H12ClN3O3/c14-9-1-2-11-15-10(3-12(18)17(11)6-9)7-16-4-8(5-16)13(19)20/h1-3,6,8H,4-5,7H2,(H,19,20). The lowest BCUT2D eigenvalue weighted by Gasteiger charge is -2.36. The first-order valence-corrected chi connectivity index (χ1v) is 6.54. The van der Waals surface area contributed by atoms with E-state index >= 15 is 0 Å². The molecule has 0 amide bonds. The van der Waals surface area contributed by atoms with Crippen molar-refractivity contribution < 1.29 is 9.90 Å². The number of rotatable bonds is 3. The average molecular weight is 294 g/mol. The molecule has 1 aliphatic heterocycles. The number of likely N-dealkylation sites (tertiary alicyclic amines) is 1. The Labute approximate surface area is 119 Å². The molecule has 0 atom stereocenters. The molecular weight excluding hydrogens is 282 g/mol. The number of hydrogen-bond donors (Lipinski definition) is 1. The van der Waals surface area contributed by atoms with Crippen LogP contribution in [0.15, 0.2) is 29.2 Å². The van der Waals surface area contributed by atoms with Crippen molar-refractivity contribution >= 4 is 23.2 Å². The van der Waals surface area contributed by atoms with Gasteiger partial charge in [0, 0.05) is 31.9 Å². The van der Waals surface area contributed by atoms with Gasteiger partial charge in [-0.1, -0.05) is 11.6 Å². The number of carbonyl (C=O) groups is 1. The summed E-state index contributed by atoms with van der Waals surface area (Å²) in [4.78, 5) is 29.0. The van der Waals surface area contributed by atoms with Gasteiger partial charge >= 0.3 is 5.97 Å². The van der Waals surface area contributed by atoms with Crippen molar-refractivity contribution in [1.29, 1.82) is 0 Å². The first-order valence-electron chi connectivity index (χ1n) is 6.16. The van der Waals surface area contributed by atoms with Crippen LogP contribution >= 0.6 is 11.6 Å². The minimum absolute atomic E-state index is 0.192. The summed E-state index contributed by atoms with van der Waals surface area (Å²) in [6, 6.07) is 4.82. The van der Waals surface area contributed by atoms with Crippen LogP contribution in [0.5, 0.6) is 0 Å². The minimum atomic E-state index is -0.776. The van der Waals surface area contributed by atoms with E-state index in [0.717, 1.165) is 0 Å². The molecule has 1 aliphatic rings. The van der Waals surface area contributed by atoms with E-state index in [1.807, 2.05) is 4.90 Å². The van der Waals surface area contributed by atoms with E-state index in [0.29, 0.717) is 36.0 Å². The molecule has 1 N–H and O–H groups in total. The van der Waals surface area contributed by atoms with E-state index in [1.165, 1.54) is 16.7 Å². The van der Waals surface area contributed by atoms with Gasteiger partial charge in [0.2, 0.25) is 0 Å². The Kier molecular flexibility index (Phi) is 3.19. The lowest BCUT2D eigenvalue weighted by molar-refractivity contribution is -0.147. The van der Waals surface area contributed by atoms with Crippen molar-refractivity contribution in [3.8, 4) is 0 Å². The largest absolute Gasteiger partial charge is 0.481 e. The number of fused-ring (bicyclic) bond motifs is 1. The quantitative estimate of drug-likeness (QED) is 0.908. The van der Waals surface area contributed by atoms with Crippen LogP contribution in [0.1, 0.15) is 5.69 Å². The van der Waals surface area contributed by atoms with E-state index in [2.05, 4.69) is 4.98 Å². The number of aliphatic carboxylic acids is 1. The van der Waals surface area contributed by atoms with E-state index < -0.39 is 5.97 Å². The molecule has 0 aliphatic carbocycles. The molecule has 0 bridgehead atoms. The lowest BCUT2D eigenvalue weighted by Crippen LogP contribution is -2.49. The summed E-state index contributed by atoms with van der Waals surface area (Å²) < 4.78 is 1.39. The highest BCUT2D eigenvalue weighted by atomic mass is 35.5. The van der Waals surface area contributed by atoms with Gasteiger partial charge < -0.3 is 5.11 Å². The molecule has 0 aromatic carbocycles. The SMILES string of the molecule is O=C(O)C1CN(Cc2cc(=O)n3cc(Cl)ccc3n2)C1. The number of carboxylic acid groups (broad SMARTS) is 1. The fourth-order valence-corrected chi connectivity index (χ4v) is 2.45. The zero-order chi connectivity index (χ0) is 14.3. The molecule has 6 nitrogen and oxygen atoms in total. The van der Waals surface area contributed by atoms with Crippen LogP contribution < -0.4 is 5.56 Å². The van der Waals surface area contributed by atoms with Crippen LogP contribution in [0.2, 0.25) is 5.02 Å². The topological polar surface area (TPSA) is 74.9 Å². The van der Waals surface area contributed by atoms with Crippen LogP contribution in [-0.4, -0.2) is 38.4 Å². The highest BCUT2D eigenvalue weighted by Gasteiger charge is 2.32. The zero-order valence-corrected chi connectivity index (χ0v) is 11.2. The Bertz CT molecular complexity index is 737. The molecule has 3 rings (SSSR count). The predicted molar refractivity (Wildman–Crippen MR) is 72.9 cm³/mol. The van der Waals surface area contributed by atoms with E-state index in [4.69, 9.17) is 16.7 Å². The van der Waals surface area contributed by atoms with Crippen LogP contribution in [-0.2, 0) is 11.3 Å². The van der Waals surface area contributed by atoms with Crippen molar-refractivity contribution in [2.24, 2.45) is 5.92 Å². The summed E-state index contributed by atoms with van der Waals surface area (Å²) in [5.74, 6) is -1.09. The second kappa shape index (κ2) is 4.88. The highest BCUT2D eigenvalue weighted by molar-refractivity contribution is 6.30. The maximum atomic E-state index is 12.0. The van der Waals surface area contributed by atoms with Gasteiger partial charge in [0.15, 0.2) is 0 Å². The summed E-state index contributed by atoms with van der Waals surface area (Å²) in [6.07, 6.45) is 1.53. The Morgan fingerprint density at radius 1 is 1.45 bits per heavy atom. The second-order valence-corrected chi connectivity index (χ2v) is 5.33. The summed E-state index contributed by atoms with van der Waals surface area (Å²) in [7, 11) is 0. The first kappa shape index (κ1) is 13.1. The molecule has 0 unspecified atom stereocenters. The van der Waals surface area contributed by atoms with Gasteiger partial charge in [0.25, 0.3) is 5.56 Å². The maximum Gasteiger partial charge on any atom is 0.309 e. The molecule has 20 heavy (non-hydrogen) atoms. The number of pyridine rings is 1. The van der Waals surface area contributed by atoms with E-state index in [1.54, 1.807) is 12.1 Å². The van der Waals surface area contributed by atoms with Gasteiger partial charge in [-0.25, -0.2) is 4.98 Å². The van der Waals surface area contributed by atoms with Gasteiger partial charge in [-0.2, -0.15) is 0 Å². The summed E-state index contributed by atoms with van der Waals surface area (Å²) in [5, 5.41) is 9.29. The molecule has 0 radical (unpaired) electrons. The molecule has 7 heteroatoms. The van der Waals surface area contributed by atoms with Crippen molar-refractivity contribution in [2.75, 3.05) is 13.1 Å². The van der Waals surface area contributed by atoms with Crippen LogP contribution in [0.3, 0.4) is 0 Å². The molecule has 0 saturated carbocycles. The van der Waals surface area contributed by atoms with Gasteiger partial charge in [-0.15, -0.1) is 0 Å². The normalized spacial score (nSPS) is 16.2. The predicted octanol–water partition coefficient (Wildman–Crippen LogP) is 0.864. The third kappa shape index (κ3) is 2.39. The average Bonchev–Trinajstić information content (AvgIpc) is 2.34. The smallest absolute Gasteiger partial charge is 0.309 e. The molecule has 3 heterocycles. The lowest BCUT2D eigenvalue weighted by atomic mass is 10.0. The number of hydrogen-bond acceptors (Lipinski definition) is 4. The molecule has 104 valence electrons. The number of nitrogens with zero attached hydrogens (tertiary/aromatic N) is 3. The summed E-state index contributed by atoms with van der Waals surface area (Å²) >= 11 is 5.84. The number of halogens is 1. The van der Waals surface area contributed by atoms with Crippen LogP contribution in [0.4, 0.5) is 0 Å². The van der Waals surface area contributed by atoms with E-state index in [9.17, 15) is 9.59 Å².